The highest BCUT2D eigenvalue weighted by atomic mass is 19.1. The zero-order chi connectivity index (χ0) is 18.7. The zero-order valence-electron chi connectivity index (χ0n) is 14.7. The van der Waals surface area contributed by atoms with E-state index in [1.807, 2.05) is 0 Å². The van der Waals surface area contributed by atoms with E-state index in [0.29, 0.717) is 51.3 Å². The van der Waals surface area contributed by atoms with Crippen molar-refractivity contribution in [2.24, 2.45) is 5.41 Å². The molecule has 1 saturated carbocycles. The molecule has 1 saturated heterocycles. The molecule has 0 unspecified atom stereocenters. The first-order chi connectivity index (χ1) is 12.5. The molecular weight excluding hydrogens is 341 g/mol. The molecule has 2 aliphatic rings. The minimum Gasteiger partial charge on any atom is -0.450 e. The number of benzene rings is 1. The van der Waals surface area contributed by atoms with E-state index < -0.39 is 17.1 Å². The molecule has 1 aromatic rings. The Labute approximate surface area is 151 Å². The van der Waals surface area contributed by atoms with Crippen LogP contribution in [0, 0.1) is 11.2 Å². The van der Waals surface area contributed by atoms with Gasteiger partial charge < -0.3 is 19.9 Å². The number of carbonyl (C=O) groups is 3. The van der Waals surface area contributed by atoms with Crippen LogP contribution in [0.2, 0.25) is 0 Å². The topological polar surface area (TPSA) is 79.0 Å². The lowest BCUT2D eigenvalue weighted by Gasteiger charge is -2.35. The van der Waals surface area contributed by atoms with E-state index >= 15 is 0 Å². The summed E-state index contributed by atoms with van der Waals surface area (Å²) in [5, 5.41) is 2.64. The van der Waals surface area contributed by atoms with Gasteiger partial charge in [-0.25, -0.2) is 9.18 Å². The van der Waals surface area contributed by atoms with Crippen molar-refractivity contribution in [3.63, 3.8) is 0 Å². The minimum atomic E-state index is -1.07. The number of carbonyl (C=O) groups excluding carboxylic acids is 3. The number of halogens is 1. The highest BCUT2D eigenvalue weighted by Gasteiger charge is 2.58. The summed E-state index contributed by atoms with van der Waals surface area (Å²) in [5.74, 6) is -1.08. The third-order valence-corrected chi connectivity index (χ3v) is 4.77. The largest absolute Gasteiger partial charge is 0.450 e. The van der Waals surface area contributed by atoms with E-state index in [9.17, 15) is 18.8 Å². The first-order valence-electron chi connectivity index (χ1n) is 8.74. The normalized spacial score (nSPS) is 18.2. The molecular formula is C18H22FN3O4. The van der Waals surface area contributed by atoms with Crippen molar-refractivity contribution < 1.29 is 23.5 Å². The van der Waals surface area contributed by atoms with Crippen LogP contribution in [0.1, 0.15) is 19.8 Å². The van der Waals surface area contributed by atoms with Crippen LogP contribution < -0.4 is 5.32 Å². The second kappa shape index (κ2) is 7.31. The van der Waals surface area contributed by atoms with Gasteiger partial charge in [-0.1, -0.05) is 6.07 Å². The van der Waals surface area contributed by atoms with Crippen LogP contribution in [0.25, 0.3) is 0 Å². The molecule has 0 spiro atoms. The zero-order valence-corrected chi connectivity index (χ0v) is 14.7. The lowest BCUT2D eigenvalue weighted by molar-refractivity contribution is -0.143. The van der Waals surface area contributed by atoms with Gasteiger partial charge in [0.05, 0.1) is 6.61 Å². The van der Waals surface area contributed by atoms with Crippen LogP contribution in [0.5, 0.6) is 0 Å². The van der Waals surface area contributed by atoms with Gasteiger partial charge in [-0.15, -0.1) is 0 Å². The van der Waals surface area contributed by atoms with Crippen molar-refractivity contribution in [3.05, 3.63) is 30.1 Å². The molecule has 26 heavy (non-hydrogen) atoms. The van der Waals surface area contributed by atoms with Crippen LogP contribution in [0.3, 0.4) is 0 Å². The lowest BCUT2D eigenvalue weighted by atomic mass is 10.0. The van der Waals surface area contributed by atoms with Crippen molar-refractivity contribution in [2.75, 3.05) is 38.1 Å². The number of nitrogens with one attached hydrogen (secondary N) is 1. The molecule has 3 rings (SSSR count). The molecule has 3 amide bonds. The third-order valence-electron chi connectivity index (χ3n) is 4.77. The van der Waals surface area contributed by atoms with Crippen molar-refractivity contribution in [3.8, 4) is 0 Å². The molecule has 2 fully saturated rings. The Kier molecular flexibility index (Phi) is 5.11. The maximum atomic E-state index is 13.3. The molecule has 0 atom stereocenters. The van der Waals surface area contributed by atoms with E-state index in [0.717, 1.165) is 0 Å². The number of anilines is 1. The predicted octanol–water partition coefficient (Wildman–Crippen LogP) is 1.85. The average molecular weight is 363 g/mol. The number of amides is 3. The molecule has 1 aliphatic carbocycles. The number of hydrogen-bond donors (Lipinski definition) is 1. The summed E-state index contributed by atoms with van der Waals surface area (Å²) in [6.45, 7) is 3.55. The Bertz CT molecular complexity index is 712. The number of nitrogens with zero attached hydrogens (tertiary/aromatic N) is 2. The van der Waals surface area contributed by atoms with Gasteiger partial charge in [0.1, 0.15) is 11.2 Å². The van der Waals surface area contributed by atoms with Gasteiger partial charge in [0, 0.05) is 31.9 Å². The average Bonchev–Trinajstić information content (AvgIpc) is 3.43. The number of hydrogen-bond acceptors (Lipinski definition) is 4. The first-order valence-corrected chi connectivity index (χ1v) is 8.74. The molecule has 7 nitrogen and oxygen atoms in total. The summed E-state index contributed by atoms with van der Waals surface area (Å²) in [6.07, 6.45) is 0.570. The summed E-state index contributed by atoms with van der Waals surface area (Å²) < 4.78 is 18.2. The van der Waals surface area contributed by atoms with Crippen molar-refractivity contribution in [1.82, 2.24) is 9.80 Å². The van der Waals surface area contributed by atoms with Crippen molar-refractivity contribution in [1.29, 1.82) is 0 Å². The van der Waals surface area contributed by atoms with Gasteiger partial charge in [-0.2, -0.15) is 0 Å². The Hall–Kier alpha value is -2.64. The molecule has 0 aromatic heterocycles. The van der Waals surface area contributed by atoms with Gasteiger partial charge in [-0.05, 0) is 38.0 Å². The maximum absolute atomic E-state index is 13.3. The van der Waals surface area contributed by atoms with E-state index in [4.69, 9.17) is 4.74 Å². The van der Waals surface area contributed by atoms with E-state index in [1.54, 1.807) is 22.8 Å². The second-order valence-electron chi connectivity index (χ2n) is 6.52. The fourth-order valence-electron chi connectivity index (χ4n) is 3.09. The molecule has 0 bridgehead atoms. The molecule has 1 heterocycles. The van der Waals surface area contributed by atoms with Gasteiger partial charge in [0.25, 0.3) is 0 Å². The highest BCUT2D eigenvalue weighted by Crippen LogP contribution is 2.48. The first kappa shape index (κ1) is 18.2. The Morgan fingerprint density at radius 1 is 1.15 bits per heavy atom. The van der Waals surface area contributed by atoms with Crippen molar-refractivity contribution >= 4 is 23.6 Å². The molecule has 8 heteroatoms. The Morgan fingerprint density at radius 2 is 1.81 bits per heavy atom. The highest BCUT2D eigenvalue weighted by molar-refractivity contribution is 6.13. The number of rotatable bonds is 4. The molecule has 0 radical (unpaired) electrons. The van der Waals surface area contributed by atoms with Gasteiger partial charge >= 0.3 is 6.09 Å². The predicted molar refractivity (Wildman–Crippen MR) is 91.9 cm³/mol. The summed E-state index contributed by atoms with van der Waals surface area (Å²) in [6, 6.07) is 5.59. The summed E-state index contributed by atoms with van der Waals surface area (Å²) >= 11 is 0. The van der Waals surface area contributed by atoms with Crippen LogP contribution >= 0.6 is 0 Å². The molecule has 1 N–H and O–H groups in total. The van der Waals surface area contributed by atoms with E-state index in [-0.39, 0.29) is 12.0 Å². The molecule has 1 aromatic carbocycles. The summed E-state index contributed by atoms with van der Waals surface area (Å²) in [7, 11) is 0. The Morgan fingerprint density at radius 3 is 2.38 bits per heavy atom. The molecule has 140 valence electrons. The van der Waals surface area contributed by atoms with E-state index in [1.165, 1.54) is 18.2 Å². The number of piperazine rings is 1. The van der Waals surface area contributed by atoms with Gasteiger partial charge in [0.15, 0.2) is 0 Å². The van der Waals surface area contributed by atoms with E-state index in [2.05, 4.69) is 5.32 Å². The van der Waals surface area contributed by atoms with Gasteiger partial charge in [0.2, 0.25) is 11.8 Å². The van der Waals surface area contributed by atoms with Crippen molar-refractivity contribution in [2.45, 2.75) is 19.8 Å². The van der Waals surface area contributed by atoms with Gasteiger partial charge in [-0.3, -0.25) is 9.59 Å². The monoisotopic (exact) mass is 363 g/mol. The fourth-order valence-corrected chi connectivity index (χ4v) is 3.09. The maximum Gasteiger partial charge on any atom is 0.409 e. The standard InChI is InChI=1S/C18H22FN3O4/c1-2-26-17(25)22-10-8-21(9-11-22)16(24)18(6-7-18)15(23)20-14-5-3-4-13(19)12-14/h3-5,12H,2,6-11H2,1H3,(H,20,23). The summed E-state index contributed by atoms with van der Waals surface area (Å²) in [5.41, 5.74) is -0.737. The van der Waals surface area contributed by atoms with Crippen LogP contribution in [-0.4, -0.2) is 60.5 Å². The lowest BCUT2D eigenvalue weighted by Crippen LogP contribution is -2.53. The summed E-state index contributed by atoms with van der Waals surface area (Å²) in [4.78, 5) is 40.3. The quantitative estimate of drug-likeness (QED) is 0.828. The van der Waals surface area contributed by atoms with Crippen LogP contribution in [0.15, 0.2) is 24.3 Å². The van der Waals surface area contributed by atoms with Crippen LogP contribution in [0.4, 0.5) is 14.9 Å². The molecule has 1 aliphatic heterocycles. The third kappa shape index (κ3) is 3.63. The number of ether oxygens (including phenoxy) is 1. The Balaban J connectivity index is 1.59. The SMILES string of the molecule is CCOC(=O)N1CCN(C(=O)C2(C(=O)Nc3cccc(F)c3)CC2)CC1. The fraction of sp³-hybridized carbons (Fsp3) is 0.500. The van der Waals surface area contributed by atoms with Crippen LogP contribution in [-0.2, 0) is 14.3 Å². The minimum absolute atomic E-state index is 0.227. The smallest absolute Gasteiger partial charge is 0.409 e. The second-order valence-corrected chi connectivity index (χ2v) is 6.52.